The van der Waals surface area contributed by atoms with Crippen molar-refractivity contribution in [2.24, 2.45) is 0 Å². The van der Waals surface area contributed by atoms with E-state index in [1.165, 1.54) is 19.3 Å². The van der Waals surface area contributed by atoms with E-state index in [9.17, 15) is 79.4 Å². The van der Waals surface area contributed by atoms with Crippen molar-refractivity contribution in [1.29, 1.82) is 0 Å². The van der Waals surface area contributed by atoms with Crippen molar-refractivity contribution >= 4 is 5.97 Å². The Morgan fingerprint density at radius 1 is 0.511 bits per heavy atom. The second-order valence-electron chi connectivity index (χ2n) is 11.0. The average molecular weight is 729 g/mol. The summed E-state index contributed by atoms with van der Waals surface area (Å²) in [6, 6.07) is 0. The number of alkyl halides is 17. The van der Waals surface area contributed by atoms with E-state index in [-0.39, 0.29) is 19.8 Å². The molecule has 0 spiro atoms. The van der Waals surface area contributed by atoms with Gasteiger partial charge in [-0.25, -0.2) is 0 Å². The highest BCUT2D eigenvalue weighted by atomic mass is 19.4. The van der Waals surface area contributed by atoms with Crippen molar-refractivity contribution in [2.45, 2.75) is 157 Å². The molecule has 2 nitrogen and oxygen atoms in total. The summed E-state index contributed by atoms with van der Waals surface area (Å²) >= 11 is 0. The Hall–Kier alpha value is -1.98. The summed E-state index contributed by atoms with van der Waals surface area (Å²) in [5.41, 5.74) is 0. The summed E-state index contributed by atoms with van der Waals surface area (Å²) in [4.78, 5) is 11.7. The van der Waals surface area contributed by atoms with E-state index in [0.717, 1.165) is 38.5 Å². The minimum Gasteiger partial charge on any atom is -0.456 e. The van der Waals surface area contributed by atoms with Gasteiger partial charge in [-0.2, -0.15) is 74.6 Å². The number of hydrogen-bond donors (Lipinski definition) is 0. The van der Waals surface area contributed by atoms with Gasteiger partial charge >= 0.3 is 53.6 Å². The van der Waals surface area contributed by atoms with Gasteiger partial charge in [-0.15, -0.1) is 0 Å². The van der Waals surface area contributed by atoms with Crippen molar-refractivity contribution in [3.05, 3.63) is 12.2 Å². The third-order valence-electron chi connectivity index (χ3n) is 7.21. The molecule has 0 aromatic heterocycles. The molecular weight excluding hydrogens is 691 g/mol. The lowest BCUT2D eigenvalue weighted by atomic mass is 9.88. The zero-order chi connectivity index (χ0) is 37.2. The van der Waals surface area contributed by atoms with Gasteiger partial charge in [0.25, 0.3) is 0 Å². The maximum Gasteiger partial charge on any atom is 0.460 e. The minimum atomic E-state index is -8.70. The summed E-state index contributed by atoms with van der Waals surface area (Å²) in [6.07, 6.45) is 2.21. The van der Waals surface area contributed by atoms with Crippen LogP contribution in [0.5, 0.6) is 0 Å². The first kappa shape index (κ1) is 45.0. The fourth-order valence-electron chi connectivity index (χ4n) is 4.10. The summed E-state index contributed by atoms with van der Waals surface area (Å²) in [6.45, 7) is 1.83. The van der Waals surface area contributed by atoms with Crippen LogP contribution in [0.15, 0.2) is 12.2 Å². The Bertz CT molecular complexity index is 975. The van der Waals surface area contributed by atoms with Gasteiger partial charge in [-0.05, 0) is 39.0 Å². The van der Waals surface area contributed by atoms with Crippen LogP contribution in [-0.2, 0) is 9.53 Å². The predicted molar refractivity (Wildman–Crippen MR) is 136 cm³/mol. The molecule has 0 aromatic rings. The molecule has 0 heterocycles. The molecule has 1 unspecified atom stereocenters. The largest absolute Gasteiger partial charge is 0.460 e. The average Bonchev–Trinajstić information content (AvgIpc) is 2.93. The molecule has 0 saturated heterocycles. The van der Waals surface area contributed by atoms with Crippen LogP contribution < -0.4 is 0 Å². The van der Waals surface area contributed by atoms with E-state index < -0.39 is 66.1 Å². The van der Waals surface area contributed by atoms with E-state index in [4.69, 9.17) is 0 Å². The maximum absolute atomic E-state index is 14.2. The molecule has 1 atom stereocenters. The third kappa shape index (κ3) is 10.0. The van der Waals surface area contributed by atoms with Gasteiger partial charge in [0, 0.05) is 6.42 Å². The van der Waals surface area contributed by atoms with Crippen molar-refractivity contribution < 1.29 is 84.2 Å². The van der Waals surface area contributed by atoms with Gasteiger partial charge in [-0.3, -0.25) is 4.79 Å². The van der Waals surface area contributed by atoms with Crippen molar-refractivity contribution in [2.75, 3.05) is 0 Å². The highest BCUT2D eigenvalue weighted by Gasteiger charge is 2.95. The number of ether oxygens (including phenoxy) is 1. The molecule has 0 radical (unpaired) electrons. The number of halogens is 17. The van der Waals surface area contributed by atoms with E-state index >= 15 is 0 Å². The maximum atomic E-state index is 14.2. The van der Waals surface area contributed by atoms with Gasteiger partial charge in [-0.1, -0.05) is 70.4 Å². The van der Waals surface area contributed by atoms with Gasteiger partial charge in [0.05, 0.1) is 0 Å². The molecule has 0 amide bonds. The fourth-order valence-corrected chi connectivity index (χ4v) is 4.10. The van der Waals surface area contributed by atoms with Gasteiger partial charge in [0.1, 0.15) is 0 Å². The molecule has 280 valence electrons. The molecule has 0 rings (SSSR count). The highest BCUT2D eigenvalue weighted by molar-refractivity contribution is 5.69. The van der Waals surface area contributed by atoms with E-state index in [1.54, 1.807) is 0 Å². The molecule has 0 aliphatic carbocycles. The van der Waals surface area contributed by atoms with Crippen molar-refractivity contribution in [1.82, 2.24) is 0 Å². The van der Waals surface area contributed by atoms with Crippen LogP contribution in [0.1, 0.15) is 104 Å². The Kier molecular flexibility index (Phi) is 16.4. The monoisotopic (exact) mass is 728 g/mol. The molecular formula is C28H37F17O2. The quantitative estimate of drug-likeness (QED) is 0.0453. The van der Waals surface area contributed by atoms with E-state index in [0.29, 0.717) is 12.8 Å². The lowest BCUT2D eigenvalue weighted by Crippen LogP contribution is -2.75. The number of carbonyl (C=O) groups is 1. The Morgan fingerprint density at radius 3 is 1.26 bits per heavy atom. The van der Waals surface area contributed by atoms with Crippen LogP contribution in [0.2, 0.25) is 0 Å². The first-order valence-corrected chi connectivity index (χ1v) is 14.7. The van der Waals surface area contributed by atoms with Crippen LogP contribution in [0.25, 0.3) is 0 Å². The molecule has 0 aromatic carbocycles. The SMILES string of the molecule is CCCCCCCCC=CCCCCCCCC(=O)OC(C)C(F)(F)C(F)(F)C(F)(F)C(F)(F)C(F)(F)C(F)(F)C(F)(F)C(F)(F)F. The van der Waals surface area contributed by atoms with Gasteiger partial charge in [0.15, 0.2) is 6.10 Å². The Balaban J connectivity index is 5.15. The second-order valence-corrected chi connectivity index (χ2v) is 11.0. The molecule has 0 fully saturated rings. The molecule has 0 aliphatic heterocycles. The predicted octanol–water partition coefficient (Wildman–Crippen LogP) is 12.0. The number of unbranched alkanes of at least 4 members (excludes halogenated alkanes) is 11. The number of rotatable bonds is 23. The van der Waals surface area contributed by atoms with Crippen LogP contribution in [0.4, 0.5) is 74.6 Å². The Morgan fingerprint density at radius 2 is 0.851 bits per heavy atom. The van der Waals surface area contributed by atoms with Gasteiger partial charge < -0.3 is 4.74 Å². The molecule has 0 N–H and O–H groups in total. The van der Waals surface area contributed by atoms with Crippen molar-refractivity contribution in [3.63, 3.8) is 0 Å². The van der Waals surface area contributed by atoms with E-state index in [2.05, 4.69) is 11.7 Å². The number of carbonyl (C=O) groups excluding carboxylic acids is 1. The zero-order valence-corrected chi connectivity index (χ0v) is 25.4. The molecule has 0 saturated carbocycles. The molecule has 0 aliphatic rings. The standard InChI is InChI=1S/C28H37F17O2/c1-3-4-5-6-7-8-9-10-11-12-13-14-15-16-17-18-20(46)47-19(2)21(29,30)22(31,32)23(33,34)24(35,36)25(37,38)26(39,40)27(41,42)28(43,44)45/h10-11,19H,3-9,12-18H2,1-2H3. The van der Waals surface area contributed by atoms with Crippen molar-refractivity contribution in [3.8, 4) is 0 Å². The lowest BCUT2D eigenvalue weighted by molar-refractivity contribution is -0.463. The van der Waals surface area contributed by atoms with Crippen LogP contribution in [-0.4, -0.2) is 59.7 Å². The number of hydrogen-bond acceptors (Lipinski definition) is 2. The summed E-state index contributed by atoms with van der Waals surface area (Å²) in [5, 5.41) is 0. The second kappa shape index (κ2) is 17.1. The van der Waals surface area contributed by atoms with Gasteiger partial charge in [0.2, 0.25) is 0 Å². The minimum absolute atomic E-state index is 0.121. The Labute approximate surface area is 260 Å². The van der Waals surface area contributed by atoms with Crippen LogP contribution >= 0.6 is 0 Å². The highest BCUT2D eigenvalue weighted by Crippen LogP contribution is 2.64. The number of esters is 1. The first-order valence-electron chi connectivity index (χ1n) is 14.7. The molecule has 47 heavy (non-hydrogen) atoms. The zero-order valence-electron chi connectivity index (χ0n) is 25.4. The molecule has 0 bridgehead atoms. The summed E-state index contributed by atoms with van der Waals surface area (Å²) in [7, 11) is 0. The molecule has 19 heteroatoms. The smallest absolute Gasteiger partial charge is 0.456 e. The normalized spacial score (nSPS) is 15.4. The lowest BCUT2D eigenvalue weighted by Gasteiger charge is -2.43. The van der Waals surface area contributed by atoms with Crippen LogP contribution in [0, 0.1) is 0 Å². The fraction of sp³-hybridized carbons (Fsp3) is 0.893. The first-order chi connectivity index (χ1) is 21.1. The summed E-state index contributed by atoms with van der Waals surface area (Å²) in [5.74, 6) is -59.0. The summed E-state index contributed by atoms with van der Waals surface area (Å²) < 4.78 is 232. The van der Waals surface area contributed by atoms with E-state index in [1.807, 2.05) is 12.2 Å². The van der Waals surface area contributed by atoms with Crippen LogP contribution in [0.3, 0.4) is 0 Å². The number of allylic oxidation sites excluding steroid dienone is 2. The topological polar surface area (TPSA) is 26.3 Å². The third-order valence-corrected chi connectivity index (χ3v) is 7.21.